The maximum absolute atomic E-state index is 4.15. The number of hydrogen-bond donors (Lipinski definition) is 0. The van der Waals surface area contributed by atoms with E-state index in [1.54, 1.807) is 17.6 Å². The maximum Gasteiger partial charge on any atom is 0.110 e. The Hall–Kier alpha value is -0.610. The van der Waals surface area contributed by atoms with Crippen molar-refractivity contribution < 1.29 is 0 Å². The second kappa shape index (κ2) is 2.56. The van der Waals surface area contributed by atoms with Gasteiger partial charge in [0, 0.05) is 18.2 Å². The van der Waals surface area contributed by atoms with Crippen LogP contribution in [0.5, 0.6) is 0 Å². The molecule has 0 atom stereocenters. The number of aromatic nitrogens is 1. The summed E-state index contributed by atoms with van der Waals surface area (Å²) >= 11 is 3.10. The molecular weight excluding hydrogens is 164 g/mol. The lowest BCUT2D eigenvalue weighted by Crippen LogP contribution is -1.68. The molecule has 10 heavy (non-hydrogen) atoms. The van der Waals surface area contributed by atoms with Crippen LogP contribution in [0.25, 0.3) is 6.08 Å². The molecule has 0 amide bonds. The zero-order valence-electron chi connectivity index (χ0n) is 5.02. The van der Waals surface area contributed by atoms with Crippen LogP contribution in [0.4, 0.5) is 0 Å². The van der Waals surface area contributed by atoms with Crippen LogP contribution in [0, 0.1) is 0 Å². The van der Waals surface area contributed by atoms with Crippen molar-refractivity contribution in [2.75, 3.05) is 0 Å². The van der Waals surface area contributed by atoms with Gasteiger partial charge in [0.15, 0.2) is 0 Å². The standard InChI is InChI=1S/C6H4N2S2/c1-2-5-6(9-4-7-5)10-8-3-1/h1-4H. The van der Waals surface area contributed by atoms with Crippen molar-refractivity contribution in [3.05, 3.63) is 17.3 Å². The predicted molar refractivity (Wildman–Crippen MR) is 45.5 cm³/mol. The van der Waals surface area contributed by atoms with Gasteiger partial charge >= 0.3 is 0 Å². The fraction of sp³-hybridized carbons (Fsp3) is 0. The number of thiazole rings is 1. The van der Waals surface area contributed by atoms with Crippen LogP contribution in [-0.4, -0.2) is 11.2 Å². The van der Waals surface area contributed by atoms with Gasteiger partial charge in [0.2, 0.25) is 0 Å². The summed E-state index contributed by atoms with van der Waals surface area (Å²) < 4.78 is 5.23. The Balaban J connectivity index is 2.50. The minimum Gasteiger partial charge on any atom is -0.244 e. The summed E-state index contributed by atoms with van der Waals surface area (Å²) in [4.78, 5) is 4.15. The van der Waals surface area contributed by atoms with Gasteiger partial charge in [-0.15, -0.1) is 11.3 Å². The van der Waals surface area contributed by atoms with Gasteiger partial charge in [0.1, 0.15) is 4.21 Å². The molecule has 1 aliphatic heterocycles. The third kappa shape index (κ3) is 0.998. The first kappa shape index (κ1) is 6.12. The van der Waals surface area contributed by atoms with Gasteiger partial charge in [-0.25, -0.2) is 9.38 Å². The zero-order valence-corrected chi connectivity index (χ0v) is 6.65. The first-order valence-corrected chi connectivity index (χ1v) is 4.42. The summed E-state index contributed by atoms with van der Waals surface area (Å²) in [7, 11) is 0. The number of nitrogens with zero attached hydrogens (tertiary/aromatic N) is 2. The smallest absolute Gasteiger partial charge is 0.110 e. The molecule has 1 aromatic rings. The lowest BCUT2D eigenvalue weighted by molar-refractivity contribution is 1.33. The highest BCUT2D eigenvalue weighted by molar-refractivity contribution is 8.00. The van der Waals surface area contributed by atoms with Crippen LogP contribution in [0.15, 0.2) is 20.2 Å². The summed E-state index contributed by atoms with van der Waals surface area (Å²) in [5.74, 6) is 0. The van der Waals surface area contributed by atoms with E-state index >= 15 is 0 Å². The SMILES string of the molecule is C1=Cc2ncsc2SN=C1. The van der Waals surface area contributed by atoms with E-state index in [1.807, 2.05) is 17.7 Å². The molecular formula is C6H4N2S2. The van der Waals surface area contributed by atoms with E-state index in [0.29, 0.717) is 0 Å². The van der Waals surface area contributed by atoms with Crippen LogP contribution in [0.3, 0.4) is 0 Å². The molecule has 1 aromatic heterocycles. The summed E-state index contributed by atoms with van der Waals surface area (Å²) in [6, 6.07) is 0. The van der Waals surface area contributed by atoms with Crippen molar-refractivity contribution in [1.82, 2.24) is 4.98 Å². The maximum atomic E-state index is 4.15. The molecule has 0 spiro atoms. The summed E-state index contributed by atoms with van der Waals surface area (Å²) in [6.07, 6.45) is 5.65. The number of rotatable bonds is 0. The summed E-state index contributed by atoms with van der Waals surface area (Å²) in [6.45, 7) is 0. The molecule has 2 heterocycles. The average molecular weight is 168 g/mol. The molecule has 0 aromatic carbocycles. The Morgan fingerprint density at radius 3 is 3.40 bits per heavy atom. The Morgan fingerprint density at radius 1 is 1.40 bits per heavy atom. The van der Waals surface area contributed by atoms with Crippen molar-refractivity contribution in [2.24, 2.45) is 4.40 Å². The van der Waals surface area contributed by atoms with Gasteiger partial charge in [-0.2, -0.15) is 0 Å². The molecule has 0 radical (unpaired) electrons. The Kier molecular flexibility index (Phi) is 1.56. The van der Waals surface area contributed by atoms with Crippen LogP contribution in [0.2, 0.25) is 0 Å². The van der Waals surface area contributed by atoms with Gasteiger partial charge in [-0.1, -0.05) is 0 Å². The third-order valence-corrected chi connectivity index (χ3v) is 2.85. The molecule has 0 unspecified atom stereocenters. The van der Waals surface area contributed by atoms with Gasteiger partial charge in [-0.05, 0) is 12.2 Å². The van der Waals surface area contributed by atoms with Crippen LogP contribution in [0.1, 0.15) is 5.69 Å². The Labute approximate surface area is 66.8 Å². The third-order valence-electron chi connectivity index (χ3n) is 1.10. The fourth-order valence-corrected chi connectivity index (χ4v) is 2.05. The topological polar surface area (TPSA) is 25.2 Å². The molecule has 0 N–H and O–H groups in total. The second-order valence-electron chi connectivity index (χ2n) is 1.73. The normalized spacial score (nSPS) is 14.8. The lowest BCUT2D eigenvalue weighted by atomic mass is 10.4. The number of fused-ring (bicyclic) bond motifs is 1. The quantitative estimate of drug-likeness (QED) is 0.555. The van der Waals surface area contributed by atoms with E-state index in [2.05, 4.69) is 9.38 Å². The van der Waals surface area contributed by atoms with Gasteiger partial charge < -0.3 is 0 Å². The first-order chi connectivity index (χ1) is 4.97. The Morgan fingerprint density at radius 2 is 2.40 bits per heavy atom. The predicted octanol–water partition coefficient (Wildman–Crippen LogP) is 2.25. The molecule has 2 nitrogen and oxygen atoms in total. The largest absolute Gasteiger partial charge is 0.244 e. The van der Waals surface area contributed by atoms with Crippen molar-refractivity contribution in [2.45, 2.75) is 4.21 Å². The van der Waals surface area contributed by atoms with Crippen molar-refractivity contribution in [3.63, 3.8) is 0 Å². The first-order valence-electron chi connectivity index (χ1n) is 2.77. The molecule has 1 aliphatic rings. The average Bonchev–Trinajstić information content (AvgIpc) is 2.28. The van der Waals surface area contributed by atoms with E-state index in [-0.39, 0.29) is 0 Å². The molecule has 50 valence electrons. The van der Waals surface area contributed by atoms with E-state index in [4.69, 9.17) is 0 Å². The van der Waals surface area contributed by atoms with Gasteiger partial charge in [0.25, 0.3) is 0 Å². The van der Waals surface area contributed by atoms with E-state index in [1.165, 1.54) is 16.2 Å². The van der Waals surface area contributed by atoms with Crippen LogP contribution >= 0.6 is 23.3 Å². The number of allylic oxidation sites excluding steroid dienone is 1. The van der Waals surface area contributed by atoms with Gasteiger partial charge in [-0.3, -0.25) is 0 Å². The minimum atomic E-state index is 1.03. The lowest BCUT2D eigenvalue weighted by Gasteiger charge is -1.85. The molecule has 0 aliphatic carbocycles. The summed E-state index contributed by atoms with van der Waals surface area (Å²) in [5.41, 5.74) is 2.87. The molecule has 0 fully saturated rings. The van der Waals surface area contributed by atoms with E-state index in [0.717, 1.165) is 5.69 Å². The zero-order chi connectivity index (χ0) is 6.81. The van der Waals surface area contributed by atoms with Crippen molar-refractivity contribution >= 4 is 35.6 Å². The molecule has 0 saturated carbocycles. The molecule has 0 bridgehead atoms. The van der Waals surface area contributed by atoms with E-state index < -0.39 is 0 Å². The second-order valence-corrected chi connectivity index (χ2v) is 3.64. The number of hydrogen-bond acceptors (Lipinski definition) is 4. The molecule has 4 heteroatoms. The minimum absolute atomic E-state index is 1.03. The highest BCUT2D eigenvalue weighted by atomic mass is 32.2. The molecule has 0 saturated heterocycles. The fourth-order valence-electron chi connectivity index (χ4n) is 0.671. The Bertz CT molecular complexity index is 288. The summed E-state index contributed by atoms with van der Waals surface area (Å²) in [5, 5.41) is 0. The van der Waals surface area contributed by atoms with Crippen LogP contribution < -0.4 is 0 Å². The highest BCUT2D eigenvalue weighted by Gasteiger charge is 2.03. The van der Waals surface area contributed by atoms with E-state index in [9.17, 15) is 0 Å². The van der Waals surface area contributed by atoms with Crippen molar-refractivity contribution in [1.29, 1.82) is 0 Å². The highest BCUT2D eigenvalue weighted by Crippen LogP contribution is 2.29. The van der Waals surface area contributed by atoms with Gasteiger partial charge in [0.05, 0.1) is 11.2 Å². The van der Waals surface area contributed by atoms with Crippen LogP contribution in [-0.2, 0) is 0 Å². The molecule has 2 rings (SSSR count). The monoisotopic (exact) mass is 168 g/mol. The van der Waals surface area contributed by atoms with Crippen molar-refractivity contribution in [3.8, 4) is 0 Å².